The molecule has 0 radical (unpaired) electrons. The molecule has 0 fully saturated rings. The minimum absolute atomic E-state index is 0.0502. The van der Waals surface area contributed by atoms with Crippen molar-refractivity contribution in [3.8, 4) is 0 Å². The van der Waals surface area contributed by atoms with Gasteiger partial charge in [-0.15, -0.1) is 0 Å². The van der Waals surface area contributed by atoms with Gasteiger partial charge >= 0.3 is 19.8 Å². The second-order valence-corrected chi connectivity index (χ2v) is 10.7. The van der Waals surface area contributed by atoms with Gasteiger partial charge in [-0.05, 0) is 44.9 Å². The molecular weight excluding hydrogens is 509 g/mol. The maximum absolute atomic E-state index is 12.3. The molecule has 0 aromatic heterocycles. The lowest BCUT2D eigenvalue weighted by atomic mass is 10.1. The monoisotopic (exact) mass is 561 g/mol. The number of phosphoric acid groups is 1. The van der Waals surface area contributed by atoms with Gasteiger partial charge in [-0.1, -0.05) is 76.7 Å². The first-order chi connectivity index (χ1) is 18.3. The summed E-state index contributed by atoms with van der Waals surface area (Å²) in [4.78, 5) is 33.6. The highest BCUT2D eigenvalue weighted by Crippen LogP contribution is 2.43. The number of ether oxygens (including phenoxy) is 2. The van der Waals surface area contributed by atoms with Crippen molar-refractivity contribution in [1.29, 1.82) is 0 Å². The summed E-state index contributed by atoms with van der Waals surface area (Å²) in [7, 11) is -4.34. The summed E-state index contributed by atoms with van der Waals surface area (Å²) in [6.07, 6.45) is 22.3. The van der Waals surface area contributed by atoms with Crippen molar-refractivity contribution in [3.05, 3.63) is 24.3 Å². The Balaban J connectivity index is 4.09. The molecule has 0 amide bonds. The van der Waals surface area contributed by atoms with Gasteiger partial charge in [0, 0.05) is 19.4 Å². The highest BCUT2D eigenvalue weighted by molar-refractivity contribution is 7.47. The number of hydrogen-bond donors (Lipinski definition) is 2. The van der Waals surface area contributed by atoms with Crippen LogP contribution in [-0.2, 0) is 32.7 Å². The molecule has 0 aromatic rings. The first-order valence-electron chi connectivity index (χ1n) is 14.3. The Morgan fingerprint density at radius 2 is 1.42 bits per heavy atom. The van der Waals surface area contributed by atoms with Crippen LogP contribution >= 0.6 is 7.82 Å². The van der Waals surface area contributed by atoms with Gasteiger partial charge in [0.05, 0.1) is 13.2 Å². The van der Waals surface area contributed by atoms with Crippen molar-refractivity contribution in [1.82, 2.24) is 0 Å². The van der Waals surface area contributed by atoms with Crippen molar-refractivity contribution in [2.24, 2.45) is 5.73 Å². The summed E-state index contributed by atoms with van der Waals surface area (Å²) < 4.78 is 31.8. The van der Waals surface area contributed by atoms with E-state index in [0.717, 1.165) is 38.5 Å². The van der Waals surface area contributed by atoms with Crippen LogP contribution in [-0.4, -0.2) is 49.3 Å². The van der Waals surface area contributed by atoms with Crippen LogP contribution in [0.3, 0.4) is 0 Å². The van der Waals surface area contributed by atoms with E-state index in [9.17, 15) is 19.0 Å². The Bertz CT molecular complexity index is 698. The van der Waals surface area contributed by atoms with Crippen molar-refractivity contribution in [2.45, 2.75) is 116 Å². The molecule has 0 bridgehead atoms. The van der Waals surface area contributed by atoms with E-state index in [1.807, 2.05) is 6.92 Å². The zero-order valence-electron chi connectivity index (χ0n) is 23.7. The summed E-state index contributed by atoms with van der Waals surface area (Å²) in [6, 6.07) is 0. The molecule has 0 rings (SSSR count). The molecule has 0 aliphatic carbocycles. The standard InChI is InChI=1S/C28H52NO8P/c1-3-5-6-7-8-9-10-11-12-13-14-15-16-17-18-19-21-28(31)37-26(24-34-27(30)20-4-2)25-36-38(32,33)35-23-22-29/h9-10,12-13,26H,3-8,11,14-25,29H2,1-2H3,(H,32,33)/b10-9-,13-12-. The zero-order chi connectivity index (χ0) is 28.3. The molecule has 2 unspecified atom stereocenters. The van der Waals surface area contributed by atoms with Crippen LogP contribution in [0.5, 0.6) is 0 Å². The fourth-order valence-electron chi connectivity index (χ4n) is 3.46. The van der Waals surface area contributed by atoms with Gasteiger partial charge in [-0.2, -0.15) is 0 Å². The molecule has 0 saturated heterocycles. The molecular formula is C28H52NO8P. The van der Waals surface area contributed by atoms with Gasteiger partial charge in [0.25, 0.3) is 0 Å². The van der Waals surface area contributed by atoms with E-state index in [2.05, 4.69) is 35.8 Å². The SMILES string of the molecule is CCCCCC/C=C\C/C=C\CCCCCCCC(=O)OC(COC(=O)CCC)COP(=O)(O)OCCN. The smallest absolute Gasteiger partial charge is 0.462 e. The molecule has 0 aliphatic rings. The number of allylic oxidation sites excluding steroid dienone is 4. The second-order valence-electron chi connectivity index (χ2n) is 9.27. The van der Waals surface area contributed by atoms with Crippen molar-refractivity contribution in [3.63, 3.8) is 0 Å². The van der Waals surface area contributed by atoms with Crippen molar-refractivity contribution < 1.29 is 37.6 Å². The number of carbonyl (C=O) groups is 2. The number of rotatable bonds is 26. The molecule has 0 spiro atoms. The predicted molar refractivity (Wildman–Crippen MR) is 151 cm³/mol. The average Bonchev–Trinajstić information content (AvgIpc) is 2.89. The van der Waals surface area contributed by atoms with E-state index >= 15 is 0 Å². The zero-order valence-corrected chi connectivity index (χ0v) is 24.5. The molecule has 3 N–H and O–H groups in total. The largest absolute Gasteiger partial charge is 0.472 e. The third-order valence-electron chi connectivity index (χ3n) is 5.56. The molecule has 222 valence electrons. The maximum atomic E-state index is 12.3. The number of carbonyl (C=O) groups excluding carboxylic acids is 2. The summed E-state index contributed by atoms with van der Waals surface area (Å²) in [6.45, 7) is 3.26. The van der Waals surface area contributed by atoms with Gasteiger partial charge in [0.2, 0.25) is 0 Å². The number of phosphoric ester groups is 1. The first-order valence-corrected chi connectivity index (χ1v) is 15.8. The van der Waals surface area contributed by atoms with Gasteiger partial charge < -0.3 is 20.1 Å². The van der Waals surface area contributed by atoms with E-state index in [1.165, 1.54) is 32.1 Å². The minimum atomic E-state index is -4.34. The first kappa shape index (κ1) is 36.5. The molecule has 38 heavy (non-hydrogen) atoms. The third-order valence-corrected chi connectivity index (χ3v) is 6.54. The van der Waals surface area contributed by atoms with E-state index < -0.39 is 32.5 Å². The van der Waals surface area contributed by atoms with Crippen LogP contribution in [0.1, 0.15) is 110 Å². The third kappa shape index (κ3) is 24.8. The Morgan fingerprint density at radius 1 is 0.789 bits per heavy atom. The Labute approximate surface area is 230 Å². The number of unbranched alkanes of at least 4 members (excludes halogenated alkanes) is 9. The minimum Gasteiger partial charge on any atom is -0.462 e. The van der Waals surface area contributed by atoms with E-state index in [4.69, 9.17) is 19.7 Å². The summed E-state index contributed by atoms with van der Waals surface area (Å²) in [5.74, 6) is -0.911. The number of nitrogens with two attached hydrogens (primary N) is 1. The van der Waals surface area contributed by atoms with E-state index in [0.29, 0.717) is 12.8 Å². The maximum Gasteiger partial charge on any atom is 0.472 e. The van der Waals surface area contributed by atoms with Crippen LogP contribution in [0, 0.1) is 0 Å². The highest BCUT2D eigenvalue weighted by atomic mass is 31.2. The topological polar surface area (TPSA) is 134 Å². The molecule has 0 heterocycles. The van der Waals surface area contributed by atoms with Gasteiger partial charge in [0.1, 0.15) is 6.61 Å². The summed E-state index contributed by atoms with van der Waals surface area (Å²) in [5, 5.41) is 0. The summed E-state index contributed by atoms with van der Waals surface area (Å²) >= 11 is 0. The van der Waals surface area contributed by atoms with Crippen LogP contribution in [0.15, 0.2) is 24.3 Å². The second kappa shape index (κ2) is 25.8. The Morgan fingerprint density at radius 3 is 2.05 bits per heavy atom. The van der Waals surface area contributed by atoms with Crippen LogP contribution < -0.4 is 5.73 Å². The van der Waals surface area contributed by atoms with Crippen LogP contribution in [0.2, 0.25) is 0 Å². The molecule has 10 heteroatoms. The average molecular weight is 562 g/mol. The lowest BCUT2D eigenvalue weighted by Gasteiger charge is -2.19. The fourth-order valence-corrected chi connectivity index (χ4v) is 4.23. The Kier molecular flexibility index (Phi) is 24.7. The number of esters is 2. The Hall–Kier alpha value is -1.51. The van der Waals surface area contributed by atoms with Gasteiger partial charge in [0.15, 0.2) is 6.10 Å². The van der Waals surface area contributed by atoms with Gasteiger partial charge in [-0.25, -0.2) is 4.57 Å². The lowest BCUT2D eigenvalue weighted by molar-refractivity contribution is -0.161. The quantitative estimate of drug-likeness (QED) is 0.0522. The molecule has 2 atom stereocenters. The molecule has 9 nitrogen and oxygen atoms in total. The normalized spacial score (nSPS) is 14.1. The van der Waals surface area contributed by atoms with Crippen molar-refractivity contribution >= 4 is 19.8 Å². The molecule has 0 aliphatic heterocycles. The lowest BCUT2D eigenvalue weighted by Crippen LogP contribution is -2.29. The van der Waals surface area contributed by atoms with E-state index in [-0.39, 0.29) is 32.6 Å². The van der Waals surface area contributed by atoms with E-state index in [1.54, 1.807) is 0 Å². The highest BCUT2D eigenvalue weighted by Gasteiger charge is 2.25. The van der Waals surface area contributed by atoms with Crippen molar-refractivity contribution in [2.75, 3.05) is 26.4 Å². The molecule has 0 aromatic carbocycles. The fraction of sp³-hybridized carbons (Fsp3) is 0.786. The van der Waals surface area contributed by atoms with Crippen LogP contribution in [0.4, 0.5) is 0 Å². The van der Waals surface area contributed by atoms with Crippen LogP contribution in [0.25, 0.3) is 0 Å². The van der Waals surface area contributed by atoms with Gasteiger partial charge in [-0.3, -0.25) is 18.6 Å². The number of hydrogen-bond acceptors (Lipinski definition) is 8. The molecule has 0 saturated carbocycles. The predicted octanol–water partition coefficient (Wildman–Crippen LogP) is 6.54. The summed E-state index contributed by atoms with van der Waals surface area (Å²) in [5.41, 5.74) is 5.26.